The molecule has 2 N–H and O–H groups in total. The minimum atomic E-state index is -0.524. The van der Waals surface area contributed by atoms with Crippen molar-refractivity contribution in [3.8, 4) is 23.0 Å². The summed E-state index contributed by atoms with van der Waals surface area (Å²) < 4.78 is 28.1. The predicted molar refractivity (Wildman–Crippen MR) is 104 cm³/mol. The smallest absolute Gasteiger partial charge is 0.341 e. The second-order valence-corrected chi connectivity index (χ2v) is 7.36. The van der Waals surface area contributed by atoms with Crippen molar-refractivity contribution in [1.29, 1.82) is 0 Å². The van der Waals surface area contributed by atoms with Crippen molar-refractivity contribution in [1.82, 2.24) is 4.90 Å². The Morgan fingerprint density at radius 3 is 2.79 bits per heavy atom. The molecule has 0 fully saturated rings. The van der Waals surface area contributed by atoms with E-state index in [1.54, 1.807) is 13.2 Å². The number of cyclic esters (lactones) is 1. The van der Waals surface area contributed by atoms with Crippen molar-refractivity contribution in [2.45, 2.75) is 18.6 Å². The highest BCUT2D eigenvalue weighted by Crippen LogP contribution is 2.54. The number of nitrogen functional groups attached to an aromatic ring is 1. The Bertz CT molecular complexity index is 1020. The Balaban J connectivity index is 1.68. The molecule has 2 aromatic rings. The number of rotatable bonds is 3. The molecule has 8 nitrogen and oxygen atoms in total. The molecular weight excluding hydrogens is 376 g/mol. The van der Waals surface area contributed by atoms with E-state index < -0.39 is 12.1 Å². The second-order valence-electron chi connectivity index (χ2n) is 7.36. The number of nitrogens with zero attached hydrogens (tertiary/aromatic N) is 1. The Morgan fingerprint density at radius 1 is 1.21 bits per heavy atom. The third-order valence-electron chi connectivity index (χ3n) is 5.94. The van der Waals surface area contributed by atoms with Gasteiger partial charge in [-0.15, -0.1) is 0 Å². The molecule has 0 saturated carbocycles. The number of anilines is 1. The van der Waals surface area contributed by atoms with Crippen LogP contribution in [0.3, 0.4) is 0 Å². The number of benzene rings is 2. The standard InChI is InChI=1S/C21H22N2O6/c1-23-7-6-10-8-13-19(28-9-27-13)20(26-3)14(10)17(23)18-11-4-5-12(25-2)16(22)15(11)21(24)29-18/h4-5,8,17-18H,6-7,9,22H2,1-3H3. The number of nitrogens with two attached hydrogens (primary N) is 1. The van der Waals surface area contributed by atoms with Crippen LogP contribution in [0.5, 0.6) is 23.0 Å². The van der Waals surface area contributed by atoms with Gasteiger partial charge in [-0.1, -0.05) is 6.07 Å². The van der Waals surface area contributed by atoms with Gasteiger partial charge in [0.2, 0.25) is 12.5 Å². The molecule has 0 aliphatic carbocycles. The summed E-state index contributed by atoms with van der Waals surface area (Å²) >= 11 is 0. The Morgan fingerprint density at radius 2 is 2.03 bits per heavy atom. The average Bonchev–Trinajstić information content (AvgIpc) is 3.31. The van der Waals surface area contributed by atoms with Gasteiger partial charge in [0.1, 0.15) is 11.9 Å². The number of carbonyl (C=O) groups excluding carboxylic acids is 1. The quantitative estimate of drug-likeness (QED) is 0.623. The summed E-state index contributed by atoms with van der Waals surface area (Å²) in [5.41, 5.74) is 9.65. The van der Waals surface area contributed by atoms with Gasteiger partial charge in [0.05, 0.1) is 31.5 Å². The molecule has 2 aromatic carbocycles. The highest BCUT2D eigenvalue weighted by atomic mass is 16.7. The van der Waals surface area contributed by atoms with Gasteiger partial charge in [-0.25, -0.2) is 4.79 Å². The Hall–Kier alpha value is -3.13. The van der Waals surface area contributed by atoms with Gasteiger partial charge in [0.25, 0.3) is 0 Å². The van der Waals surface area contributed by atoms with E-state index in [0.29, 0.717) is 34.2 Å². The van der Waals surface area contributed by atoms with Gasteiger partial charge in [0.15, 0.2) is 11.5 Å². The first-order chi connectivity index (χ1) is 14.0. The monoisotopic (exact) mass is 398 g/mol. The van der Waals surface area contributed by atoms with Crippen LogP contribution in [0, 0.1) is 0 Å². The lowest BCUT2D eigenvalue weighted by Gasteiger charge is -2.38. The lowest BCUT2D eigenvalue weighted by Crippen LogP contribution is -2.36. The molecule has 3 heterocycles. The predicted octanol–water partition coefficient (Wildman–Crippen LogP) is 2.46. The van der Waals surface area contributed by atoms with E-state index in [1.165, 1.54) is 7.11 Å². The Kier molecular flexibility index (Phi) is 3.99. The number of hydrogen-bond acceptors (Lipinski definition) is 8. The largest absolute Gasteiger partial charge is 0.495 e. The number of likely N-dealkylation sites (N-methyl/N-ethyl adjacent to an activating group) is 1. The minimum Gasteiger partial charge on any atom is -0.495 e. The summed E-state index contributed by atoms with van der Waals surface area (Å²) in [6, 6.07) is 5.37. The maximum Gasteiger partial charge on any atom is 0.341 e. The number of esters is 1. The molecule has 29 heavy (non-hydrogen) atoms. The molecule has 0 bridgehead atoms. The molecule has 0 amide bonds. The highest BCUT2D eigenvalue weighted by molar-refractivity contribution is 6.01. The van der Waals surface area contributed by atoms with Crippen molar-refractivity contribution < 1.29 is 28.5 Å². The number of ether oxygens (including phenoxy) is 5. The zero-order valence-corrected chi connectivity index (χ0v) is 16.5. The van der Waals surface area contributed by atoms with Crippen LogP contribution < -0.4 is 24.7 Å². The van der Waals surface area contributed by atoms with E-state index in [9.17, 15) is 4.79 Å². The normalized spacial score (nSPS) is 22.1. The van der Waals surface area contributed by atoms with Crippen molar-refractivity contribution in [3.05, 3.63) is 40.5 Å². The van der Waals surface area contributed by atoms with E-state index in [1.807, 2.05) is 19.2 Å². The van der Waals surface area contributed by atoms with Crippen molar-refractivity contribution in [2.24, 2.45) is 0 Å². The topological polar surface area (TPSA) is 92.5 Å². The van der Waals surface area contributed by atoms with Gasteiger partial charge in [-0.05, 0) is 31.2 Å². The lowest BCUT2D eigenvalue weighted by molar-refractivity contribution is 0.00885. The second kappa shape index (κ2) is 6.45. The molecule has 2 unspecified atom stereocenters. The zero-order valence-electron chi connectivity index (χ0n) is 16.5. The highest BCUT2D eigenvalue weighted by Gasteiger charge is 2.45. The summed E-state index contributed by atoms with van der Waals surface area (Å²) in [6.45, 7) is 0.960. The average molecular weight is 398 g/mol. The third-order valence-corrected chi connectivity index (χ3v) is 5.94. The van der Waals surface area contributed by atoms with E-state index in [4.69, 9.17) is 29.4 Å². The molecule has 8 heteroatoms. The van der Waals surface area contributed by atoms with E-state index >= 15 is 0 Å². The minimum absolute atomic E-state index is 0.159. The molecule has 3 aliphatic heterocycles. The number of carbonyl (C=O) groups is 1. The number of methoxy groups -OCH3 is 2. The first kappa shape index (κ1) is 17.9. The van der Waals surface area contributed by atoms with Gasteiger partial charge in [-0.3, -0.25) is 4.90 Å². The molecule has 0 saturated heterocycles. The fourth-order valence-corrected chi connectivity index (χ4v) is 4.58. The Labute approximate surface area is 168 Å². The van der Waals surface area contributed by atoms with Crippen LogP contribution in [0.25, 0.3) is 0 Å². The summed E-state index contributed by atoms with van der Waals surface area (Å²) in [5.74, 6) is 1.91. The molecule has 152 valence electrons. The van der Waals surface area contributed by atoms with Gasteiger partial charge < -0.3 is 29.4 Å². The summed E-state index contributed by atoms with van der Waals surface area (Å²) in [5, 5.41) is 0. The van der Waals surface area contributed by atoms with Crippen molar-refractivity contribution in [2.75, 3.05) is 40.3 Å². The van der Waals surface area contributed by atoms with Crippen LogP contribution in [0.1, 0.15) is 39.2 Å². The fourth-order valence-electron chi connectivity index (χ4n) is 4.58. The van der Waals surface area contributed by atoms with Crippen LogP contribution in [0.15, 0.2) is 18.2 Å². The van der Waals surface area contributed by atoms with E-state index in [-0.39, 0.29) is 12.8 Å². The van der Waals surface area contributed by atoms with Crippen LogP contribution >= 0.6 is 0 Å². The van der Waals surface area contributed by atoms with Crippen molar-refractivity contribution in [3.63, 3.8) is 0 Å². The third kappa shape index (κ3) is 2.45. The summed E-state index contributed by atoms with van der Waals surface area (Å²) in [7, 11) is 5.14. The van der Waals surface area contributed by atoms with Crippen molar-refractivity contribution >= 4 is 11.7 Å². The number of fused-ring (bicyclic) bond motifs is 3. The maximum absolute atomic E-state index is 12.7. The maximum atomic E-state index is 12.7. The molecule has 0 aromatic heterocycles. The van der Waals surface area contributed by atoms with E-state index in [2.05, 4.69) is 4.90 Å². The van der Waals surface area contributed by atoms with E-state index in [0.717, 1.165) is 29.7 Å². The van der Waals surface area contributed by atoms with Gasteiger partial charge >= 0.3 is 5.97 Å². The van der Waals surface area contributed by atoms with Gasteiger partial charge in [0, 0.05) is 17.7 Å². The van der Waals surface area contributed by atoms with Crippen LogP contribution in [-0.2, 0) is 11.2 Å². The summed E-state index contributed by atoms with van der Waals surface area (Å²) in [4.78, 5) is 14.9. The van der Waals surface area contributed by atoms with Crippen LogP contribution in [0.4, 0.5) is 5.69 Å². The van der Waals surface area contributed by atoms with Crippen LogP contribution in [-0.4, -0.2) is 45.5 Å². The fraction of sp³-hybridized carbons (Fsp3) is 0.381. The molecule has 5 rings (SSSR count). The molecule has 0 spiro atoms. The summed E-state index contributed by atoms with van der Waals surface area (Å²) in [6.07, 6.45) is 0.303. The first-order valence-corrected chi connectivity index (χ1v) is 9.42. The molecule has 0 radical (unpaired) electrons. The number of hydrogen-bond donors (Lipinski definition) is 1. The SMILES string of the molecule is COc1ccc2c(c1N)C(=O)OC2C1c2c(cc3c(c2OC)OCO3)CCN1C. The zero-order chi connectivity index (χ0) is 20.3. The van der Waals surface area contributed by atoms with Crippen LogP contribution in [0.2, 0.25) is 0 Å². The molecular formula is C21H22N2O6. The molecule has 2 atom stereocenters. The first-order valence-electron chi connectivity index (χ1n) is 9.42. The lowest BCUT2D eigenvalue weighted by atomic mass is 9.85. The molecule has 3 aliphatic rings. The van der Waals surface area contributed by atoms with Gasteiger partial charge in [-0.2, -0.15) is 0 Å².